The summed E-state index contributed by atoms with van der Waals surface area (Å²) in [7, 11) is 0. The highest BCUT2D eigenvalue weighted by Crippen LogP contribution is 2.19. The van der Waals surface area contributed by atoms with Crippen LogP contribution in [-0.2, 0) is 5.75 Å². The molecular formula is C12H15N3OS. The van der Waals surface area contributed by atoms with Gasteiger partial charge in [-0.25, -0.2) is 9.97 Å². The number of benzene rings is 1. The topological polar surface area (TPSA) is 72.0 Å². The summed E-state index contributed by atoms with van der Waals surface area (Å²) >= 11 is 1.71. The van der Waals surface area contributed by atoms with Crippen LogP contribution < -0.4 is 5.73 Å². The number of anilines is 1. The predicted molar refractivity (Wildman–Crippen MR) is 71.8 cm³/mol. The Morgan fingerprint density at radius 3 is 2.88 bits per heavy atom. The lowest BCUT2D eigenvalue weighted by molar-refractivity contribution is 0.296. The van der Waals surface area contributed by atoms with Crippen molar-refractivity contribution in [1.82, 2.24) is 9.97 Å². The van der Waals surface area contributed by atoms with Crippen molar-refractivity contribution in [2.24, 2.45) is 0 Å². The highest BCUT2D eigenvalue weighted by molar-refractivity contribution is 7.98. The Labute approximate surface area is 104 Å². The van der Waals surface area contributed by atoms with Gasteiger partial charge in [-0.1, -0.05) is 12.1 Å². The number of fused-ring (bicyclic) bond motifs is 1. The van der Waals surface area contributed by atoms with Gasteiger partial charge in [0.25, 0.3) is 0 Å². The van der Waals surface area contributed by atoms with Crippen LogP contribution in [0, 0.1) is 0 Å². The summed E-state index contributed by atoms with van der Waals surface area (Å²) in [5.41, 5.74) is 6.77. The number of nitrogens with two attached hydrogens (primary N) is 1. The quantitative estimate of drug-likeness (QED) is 0.791. The maximum absolute atomic E-state index is 8.68. The lowest BCUT2D eigenvalue weighted by Gasteiger charge is -2.04. The Bertz CT molecular complexity index is 504. The number of hydrogen-bond donors (Lipinski definition) is 2. The van der Waals surface area contributed by atoms with Crippen LogP contribution in [0.1, 0.15) is 12.2 Å². The number of thioether (sulfide) groups is 1. The zero-order valence-corrected chi connectivity index (χ0v) is 10.3. The first-order valence-corrected chi connectivity index (χ1v) is 6.66. The first-order chi connectivity index (χ1) is 8.31. The summed E-state index contributed by atoms with van der Waals surface area (Å²) in [5.74, 6) is 2.93. The van der Waals surface area contributed by atoms with E-state index in [0.717, 1.165) is 34.7 Å². The van der Waals surface area contributed by atoms with Gasteiger partial charge < -0.3 is 10.8 Å². The van der Waals surface area contributed by atoms with E-state index in [1.54, 1.807) is 11.8 Å². The van der Waals surface area contributed by atoms with Crippen molar-refractivity contribution >= 4 is 28.5 Å². The van der Waals surface area contributed by atoms with Crippen LogP contribution in [0.2, 0.25) is 0 Å². The van der Waals surface area contributed by atoms with Gasteiger partial charge in [0.1, 0.15) is 11.6 Å². The van der Waals surface area contributed by atoms with Crippen LogP contribution in [0.15, 0.2) is 24.3 Å². The van der Waals surface area contributed by atoms with Crippen molar-refractivity contribution in [3.05, 3.63) is 30.1 Å². The minimum Gasteiger partial charge on any atom is -0.396 e. The molecule has 2 rings (SSSR count). The van der Waals surface area contributed by atoms with Crippen molar-refractivity contribution in [3.63, 3.8) is 0 Å². The molecule has 0 saturated heterocycles. The summed E-state index contributed by atoms with van der Waals surface area (Å²) in [4.78, 5) is 8.74. The van der Waals surface area contributed by atoms with E-state index in [1.165, 1.54) is 0 Å². The van der Waals surface area contributed by atoms with Gasteiger partial charge in [0.2, 0.25) is 0 Å². The zero-order chi connectivity index (χ0) is 12.1. The Morgan fingerprint density at radius 1 is 1.24 bits per heavy atom. The van der Waals surface area contributed by atoms with Gasteiger partial charge >= 0.3 is 0 Å². The fourth-order valence-corrected chi connectivity index (χ4v) is 2.33. The fraction of sp³-hybridized carbons (Fsp3) is 0.333. The monoisotopic (exact) mass is 249 g/mol. The molecule has 0 spiro atoms. The molecule has 5 heteroatoms. The average molecular weight is 249 g/mol. The third-order valence-corrected chi connectivity index (χ3v) is 3.40. The molecule has 1 aromatic heterocycles. The molecule has 0 bridgehead atoms. The van der Waals surface area contributed by atoms with Crippen molar-refractivity contribution in [1.29, 1.82) is 0 Å². The van der Waals surface area contributed by atoms with Crippen LogP contribution in [0.4, 0.5) is 5.82 Å². The van der Waals surface area contributed by atoms with E-state index in [4.69, 9.17) is 10.8 Å². The standard InChI is InChI=1S/C12H15N3OS/c13-12-9-4-1-2-5-10(9)14-11(15-12)8-17-7-3-6-16/h1-2,4-5,16H,3,6-8H2,(H2,13,14,15). The Balaban J connectivity index is 2.13. The molecule has 17 heavy (non-hydrogen) atoms. The highest BCUT2D eigenvalue weighted by Gasteiger charge is 2.04. The van der Waals surface area contributed by atoms with E-state index in [2.05, 4.69) is 9.97 Å². The van der Waals surface area contributed by atoms with Crippen molar-refractivity contribution in [2.75, 3.05) is 18.1 Å². The van der Waals surface area contributed by atoms with E-state index in [1.807, 2.05) is 24.3 Å². The van der Waals surface area contributed by atoms with Crippen LogP contribution in [0.25, 0.3) is 10.9 Å². The van der Waals surface area contributed by atoms with Crippen molar-refractivity contribution < 1.29 is 5.11 Å². The largest absolute Gasteiger partial charge is 0.396 e. The molecule has 4 nitrogen and oxygen atoms in total. The summed E-state index contributed by atoms with van der Waals surface area (Å²) in [6.45, 7) is 0.230. The third kappa shape index (κ3) is 3.08. The molecule has 90 valence electrons. The maximum atomic E-state index is 8.68. The maximum Gasteiger partial charge on any atom is 0.141 e. The van der Waals surface area contributed by atoms with Gasteiger partial charge in [-0.2, -0.15) is 11.8 Å². The molecule has 0 unspecified atom stereocenters. The second kappa shape index (κ2) is 5.84. The first kappa shape index (κ1) is 12.1. The summed E-state index contributed by atoms with van der Waals surface area (Å²) in [6, 6.07) is 7.73. The lowest BCUT2D eigenvalue weighted by atomic mass is 10.2. The molecule has 0 aliphatic carbocycles. The Hall–Kier alpha value is -1.33. The molecule has 0 aliphatic heterocycles. The molecule has 2 aromatic rings. The molecule has 1 aromatic carbocycles. The van der Waals surface area contributed by atoms with E-state index in [9.17, 15) is 0 Å². The van der Waals surface area contributed by atoms with Crippen LogP contribution in [0.3, 0.4) is 0 Å². The minimum absolute atomic E-state index is 0.230. The molecular weight excluding hydrogens is 234 g/mol. The Morgan fingerprint density at radius 2 is 2.06 bits per heavy atom. The van der Waals surface area contributed by atoms with Gasteiger partial charge in [0.05, 0.1) is 11.3 Å². The summed E-state index contributed by atoms with van der Waals surface area (Å²) < 4.78 is 0. The average Bonchev–Trinajstić information content (AvgIpc) is 2.35. The number of hydrogen-bond acceptors (Lipinski definition) is 5. The minimum atomic E-state index is 0.230. The number of para-hydroxylation sites is 1. The first-order valence-electron chi connectivity index (χ1n) is 5.51. The second-order valence-corrected chi connectivity index (χ2v) is 4.78. The molecule has 0 amide bonds. The number of nitrogen functional groups attached to an aromatic ring is 1. The normalized spacial score (nSPS) is 10.9. The van der Waals surface area contributed by atoms with Crippen molar-refractivity contribution in [2.45, 2.75) is 12.2 Å². The molecule has 0 fully saturated rings. The third-order valence-electron chi connectivity index (χ3n) is 2.36. The molecule has 3 N–H and O–H groups in total. The second-order valence-electron chi connectivity index (χ2n) is 3.67. The number of rotatable bonds is 5. The van der Waals surface area contributed by atoms with Crippen molar-refractivity contribution in [3.8, 4) is 0 Å². The fourth-order valence-electron chi connectivity index (χ4n) is 1.55. The number of aromatic nitrogens is 2. The smallest absolute Gasteiger partial charge is 0.141 e. The SMILES string of the molecule is Nc1nc(CSCCCO)nc2ccccc12. The van der Waals surface area contributed by atoms with Gasteiger partial charge in [-0.3, -0.25) is 0 Å². The lowest BCUT2D eigenvalue weighted by Crippen LogP contribution is -2.00. The summed E-state index contributed by atoms with van der Waals surface area (Å²) in [5, 5.41) is 9.58. The van der Waals surface area contributed by atoms with E-state index < -0.39 is 0 Å². The molecule has 0 radical (unpaired) electrons. The van der Waals surface area contributed by atoms with Gasteiger partial charge in [0.15, 0.2) is 0 Å². The van der Waals surface area contributed by atoms with Gasteiger partial charge in [0, 0.05) is 12.0 Å². The molecule has 0 saturated carbocycles. The number of nitrogens with zero attached hydrogens (tertiary/aromatic N) is 2. The van der Waals surface area contributed by atoms with Crippen LogP contribution in [0.5, 0.6) is 0 Å². The summed E-state index contributed by atoms with van der Waals surface area (Å²) in [6.07, 6.45) is 0.799. The molecule has 0 atom stereocenters. The number of aliphatic hydroxyl groups is 1. The highest BCUT2D eigenvalue weighted by atomic mass is 32.2. The predicted octanol–water partition coefficient (Wildman–Crippen LogP) is 1.83. The van der Waals surface area contributed by atoms with Gasteiger partial charge in [-0.15, -0.1) is 0 Å². The van der Waals surface area contributed by atoms with Gasteiger partial charge in [-0.05, 0) is 24.3 Å². The van der Waals surface area contributed by atoms with Crippen LogP contribution >= 0.6 is 11.8 Å². The van der Waals surface area contributed by atoms with E-state index in [0.29, 0.717) is 5.82 Å². The zero-order valence-electron chi connectivity index (χ0n) is 9.47. The van der Waals surface area contributed by atoms with E-state index in [-0.39, 0.29) is 6.61 Å². The van der Waals surface area contributed by atoms with Crippen LogP contribution in [-0.4, -0.2) is 27.4 Å². The Kier molecular flexibility index (Phi) is 4.17. The molecule has 1 heterocycles. The molecule has 0 aliphatic rings. The number of aliphatic hydroxyl groups excluding tert-OH is 1. The van der Waals surface area contributed by atoms with E-state index >= 15 is 0 Å².